The van der Waals surface area contributed by atoms with Gasteiger partial charge in [0.2, 0.25) is 0 Å². The maximum Gasteiger partial charge on any atom is 0.416 e. The van der Waals surface area contributed by atoms with Crippen LogP contribution in [0.4, 0.5) is 47.3 Å². The van der Waals surface area contributed by atoms with Crippen molar-refractivity contribution in [1.82, 2.24) is 9.80 Å². The van der Waals surface area contributed by atoms with Gasteiger partial charge in [-0.25, -0.2) is 9.59 Å². The van der Waals surface area contributed by atoms with Gasteiger partial charge < -0.3 is 20.4 Å². The molecule has 1 unspecified atom stereocenters. The van der Waals surface area contributed by atoms with E-state index in [1.807, 2.05) is 0 Å². The Labute approximate surface area is 185 Å². The van der Waals surface area contributed by atoms with Crippen molar-refractivity contribution in [3.8, 4) is 0 Å². The molecule has 1 heterocycles. The van der Waals surface area contributed by atoms with Crippen LogP contribution in [-0.4, -0.2) is 47.5 Å². The van der Waals surface area contributed by atoms with Gasteiger partial charge in [0.05, 0.1) is 11.1 Å². The lowest BCUT2D eigenvalue weighted by molar-refractivity contribution is -0.138. The summed E-state index contributed by atoms with van der Waals surface area (Å²) in [7, 11) is 0. The lowest BCUT2D eigenvalue weighted by Crippen LogP contribution is -2.57. The van der Waals surface area contributed by atoms with E-state index in [1.165, 1.54) is 34.1 Å². The second-order valence-electron chi connectivity index (χ2n) is 7.51. The van der Waals surface area contributed by atoms with Crippen LogP contribution in [0.5, 0.6) is 0 Å². The van der Waals surface area contributed by atoms with Gasteiger partial charge in [0, 0.05) is 37.1 Å². The molecule has 1 fully saturated rings. The Morgan fingerprint density at radius 3 is 1.76 bits per heavy atom. The smallest absolute Gasteiger partial charge is 0.321 e. The number of nitrogens with zero attached hydrogens (tertiary/aromatic N) is 2. The van der Waals surface area contributed by atoms with Crippen LogP contribution in [-0.2, 0) is 12.4 Å². The molecular weight excluding hydrogens is 454 g/mol. The fourth-order valence-electron chi connectivity index (χ4n) is 3.39. The molecule has 2 aromatic rings. The van der Waals surface area contributed by atoms with Gasteiger partial charge in [0.1, 0.15) is 0 Å². The average Bonchev–Trinajstić information content (AvgIpc) is 2.72. The first-order chi connectivity index (χ1) is 15.3. The van der Waals surface area contributed by atoms with Crippen molar-refractivity contribution in [3.05, 3.63) is 59.7 Å². The molecule has 1 aliphatic heterocycles. The summed E-state index contributed by atoms with van der Waals surface area (Å²) in [5.74, 6) is 0. The van der Waals surface area contributed by atoms with Gasteiger partial charge in [0.15, 0.2) is 0 Å². The quantitative estimate of drug-likeness (QED) is 0.565. The first kappa shape index (κ1) is 24.2. The van der Waals surface area contributed by atoms with E-state index in [0.717, 1.165) is 24.3 Å². The number of alkyl halides is 6. The summed E-state index contributed by atoms with van der Waals surface area (Å²) >= 11 is 0. The SMILES string of the molecule is CC1CN(C(=O)Nc2cccc(C(F)(F)F)c2)CCN1C(=O)Nc1cccc(C(F)(F)F)c1. The molecule has 6 nitrogen and oxygen atoms in total. The molecule has 178 valence electrons. The summed E-state index contributed by atoms with van der Waals surface area (Å²) < 4.78 is 77.1. The maximum atomic E-state index is 12.9. The molecule has 0 aliphatic carbocycles. The molecule has 1 saturated heterocycles. The largest absolute Gasteiger partial charge is 0.416 e. The Balaban J connectivity index is 1.59. The molecule has 4 amide bonds. The predicted octanol–water partition coefficient (Wildman–Crippen LogP) is 5.49. The van der Waals surface area contributed by atoms with Crippen LogP contribution < -0.4 is 10.6 Å². The van der Waals surface area contributed by atoms with Crippen molar-refractivity contribution in [2.24, 2.45) is 0 Å². The number of benzene rings is 2. The number of halogens is 6. The number of urea groups is 2. The van der Waals surface area contributed by atoms with E-state index in [4.69, 9.17) is 0 Å². The number of hydrogen-bond donors (Lipinski definition) is 2. The molecule has 12 heteroatoms. The Morgan fingerprint density at radius 1 is 0.818 bits per heavy atom. The molecule has 0 bridgehead atoms. The van der Waals surface area contributed by atoms with Crippen LogP contribution in [0.15, 0.2) is 48.5 Å². The second-order valence-corrected chi connectivity index (χ2v) is 7.51. The molecule has 0 radical (unpaired) electrons. The molecule has 3 rings (SSSR count). The molecular formula is C21H20F6N4O2. The molecule has 0 spiro atoms. The fraction of sp³-hybridized carbons (Fsp3) is 0.333. The number of rotatable bonds is 2. The number of carbonyl (C=O) groups is 2. The lowest BCUT2D eigenvalue weighted by atomic mass is 10.2. The van der Waals surface area contributed by atoms with Crippen molar-refractivity contribution < 1.29 is 35.9 Å². The highest BCUT2D eigenvalue weighted by Gasteiger charge is 2.33. The molecule has 2 aromatic carbocycles. The zero-order valence-corrected chi connectivity index (χ0v) is 17.3. The fourth-order valence-corrected chi connectivity index (χ4v) is 3.39. The van der Waals surface area contributed by atoms with E-state index in [1.54, 1.807) is 6.92 Å². The maximum absolute atomic E-state index is 12.9. The van der Waals surface area contributed by atoms with Crippen LogP contribution in [0, 0.1) is 0 Å². The van der Waals surface area contributed by atoms with Gasteiger partial charge in [-0.2, -0.15) is 26.3 Å². The third-order valence-electron chi connectivity index (χ3n) is 5.06. The highest BCUT2D eigenvalue weighted by molar-refractivity contribution is 5.91. The third-order valence-corrected chi connectivity index (χ3v) is 5.06. The van der Waals surface area contributed by atoms with E-state index >= 15 is 0 Å². The summed E-state index contributed by atoms with van der Waals surface area (Å²) in [6.45, 7) is 1.91. The highest BCUT2D eigenvalue weighted by atomic mass is 19.4. The molecule has 33 heavy (non-hydrogen) atoms. The first-order valence-corrected chi connectivity index (χ1v) is 9.82. The van der Waals surface area contributed by atoms with Gasteiger partial charge >= 0.3 is 24.4 Å². The van der Waals surface area contributed by atoms with E-state index < -0.39 is 41.6 Å². The Hall–Kier alpha value is -3.44. The van der Waals surface area contributed by atoms with Crippen molar-refractivity contribution in [1.29, 1.82) is 0 Å². The normalized spacial score (nSPS) is 17.0. The van der Waals surface area contributed by atoms with Crippen molar-refractivity contribution in [2.45, 2.75) is 25.3 Å². The zero-order chi connectivity index (χ0) is 24.4. The number of nitrogens with one attached hydrogen (secondary N) is 2. The minimum atomic E-state index is -4.55. The third kappa shape index (κ3) is 6.08. The van der Waals surface area contributed by atoms with E-state index in [2.05, 4.69) is 10.6 Å². The summed E-state index contributed by atoms with van der Waals surface area (Å²) in [5, 5.41) is 4.83. The zero-order valence-electron chi connectivity index (χ0n) is 17.3. The molecule has 0 aromatic heterocycles. The predicted molar refractivity (Wildman–Crippen MR) is 109 cm³/mol. The molecule has 1 atom stereocenters. The van der Waals surface area contributed by atoms with Crippen molar-refractivity contribution >= 4 is 23.4 Å². The van der Waals surface area contributed by atoms with Gasteiger partial charge in [-0.15, -0.1) is 0 Å². The summed E-state index contributed by atoms with van der Waals surface area (Å²) in [4.78, 5) is 27.7. The molecule has 0 saturated carbocycles. The van der Waals surface area contributed by atoms with Gasteiger partial charge in [-0.1, -0.05) is 12.1 Å². The number of amides is 4. The Kier molecular flexibility index (Phi) is 6.75. The number of piperazine rings is 1. The van der Waals surface area contributed by atoms with Gasteiger partial charge in [0.25, 0.3) is 0 Å². The summed E-state index contributed by atoms with van der Waals surface area (Å²) in [5.41, 5.74) is -1.84. The number of anilines is 2. The average molecular weight is 474 g/mol. The Bertz CT molecular complexity index is 1020. The van der Waals surface area contributed by atoms with Crippen molar-refractivity contribution in [3.63, 3.8) is 0 Å². The highest BCUT2D eigenvalue weighted by Crippen LogP contribution is 2.32. The topological polar surface area (TPSA) is 64.7 Å². The van der Waals surface area contributed by atoms with Crippen LogP contribution in [0.3, 0.4) is 0 Å². The minimum Gasteiger partial charge on any atom is -0.321 e. The van der Waals surface area contributed by atoms with Gasteiger partial charge in [-0.3, -0.25) is 0 Å². The first-order valence-electron chi connectivity index (χ1n) is 9.82. The number of carbonyl (C=O) groups excluding carboxylic acids is 2. The monoisotopic (exact) mass is 474 g/mol. The van der Waals surface area contributed by atoms with E-state index in [0.29, 0.717) is 0 Å². The van der Waals surface area contributed by atoms with E-state index in [-0.39, 0.29) is 31.0 Å². The van der Waals surface area contributed by atoms with E-state index in [9.17, 15) is 35.9 Å². The van der Waals surface area contributed by atoms with Crippen molar-refractivity contribution in [2.75, 3.05) is 30.3 Å². The van der Waals surface area contributed by atoms with Gasteiger partial charge in [-0.05, 0) is 43.3 Å². The minimum absolute atomic E-state index is 0.0211. The Morgan fingerprint density at radius 2 is 1.30 bits per heavy atom. The van der Waals surface area contributed by atoms with Crippen LogP contribution >= 0.6 is 0 Å². The van der Waals surface area contributed by atoms with Crippen LogP contribution in [0.1, 0.15) is 18.1 Å². The standard InChI is InChI=1S/C21H20F6N4O2/c1-13-12-30(18(32)28-16-6-2-4-14(10-16)20(22,23)24)8-9-31(13)19(33)29-17-7-3-5-15(11-17)21(25,26)27/h2-7,10-11,13H,8-9,12H2,1H3,(H,28,32)(H,29,33). The van der Waals surface area contributed by atoms with Crippen LogP contribution in [0.2, 0.25) is 0 Å². The number of hydrogen-bond acceptors (Lipinski definition) is 2. The summed E-state index contributed by atoms with van der Waals surface area (Å²) in [6, 6.07) is 6.69. The lowest BCUT2D eigenvalue weighted by Gasteiger charge is -2.39. The molecule has 2 N–H and O–H groups in total. The second kappa shape index (κ2) is 9.20. The summed E-state index contributed by atoms with van der Waals surface area (Å²) in [6.07, 6.45) is -9.10. The molecule has 1 aliphatic rings. The van der Waals surface area contributed by atoms with Crippen LogP contribution in [0.25, 0.3) is 0 Å².